The zero-order valence-corrected chi connectivity index (χ0v) is 11.2. The second-order valence-electron chi connectivity index (χ2n) is 4.36. The van der Waals surface area contributed by atoms with Crippen LogP contribution in [0.5, 0.6) is 0 Å². The molecule has 68 valence electrons. The zero-order valence-electron chi connectivity index (χ0n) is 9.02. The van der Waals surface area contributed by atoms with Crippen LogP contribution in [0.3, 0.4) is 0 Å². The maximum atomic E-state index is 4.83. The van der Waals surface area contributed by atoms with Gasteiger partial charge in [-0.3, -0.25) is 0 Å². The van der Waals surface area contributed by atoms with E-state index in [1.807, 2.05) is 0 Å². The summed E-state index contributed by atoms with van der Waals surface area (Å²) >= 11 is 0. The SMILES string of the molecule is CC1=N[SiH](C)[Si](C)(C)C(C)=C1C. The van der Waals surface area contributed by atoms with Gasteiger partial charge in [-0.15, -0.1) is 0 Å². The third kappa shape index (κ3) is 1.35. The fourth-order valence-electron chi connectivity index (χ4n) is 1.62. The molecule has 0 saturated heterocycles. The average Bonchev–Trinajstić information content (AvgIpc) is 1.99. The van der Waals surface area contributed by atoms with E-state index in [1.54, 1.807) is 5.20 Å². The second kappa shape index (κ2) is 2.96. The lowest BCUT2D eigenvalue weighted by Crippen LogP contribution is -2.47. The molecule has 0 aromatic heterocycles. The van der Waals surface area contributed by atoms with Gasteiger partial charge < -0.3 is 4.66 Å². The second-order valence-corrected chi connectivity index (χ2v) is 17.0. The van der Waals surface area contributed by atoms with Crippen LogP contribution in [0, 0.1) is 0 Å². The number of hydrogen-bond donors (Lipinski definition) is 0. The van der Waals surface area contributed by atoms with Crippen LogP contribution in [0.2, 0.25) is 19.6 Å². The van der Waals surface area contributed by atoms with Gasteiger partial charge in [0.05, 0.1) is 7.59 Å². The Kier molecular flexibility index (Phi) is 2.45. The molecule has 0 fully saturated rings. The van der Waals surface area contributed by atoms with E-state index in [4.69, 9.17) is 4.66 Å². The van der Waals surface area contributed by atoms with Crippen LogP contribution in [0.25, 0.3) is 0 Å². The lowest BCUT2D eigenvalue weighted by atomic mass is 10.2. The van der Waals surface area contributed by atoms with Crippen molar-refractivity contribution in [3.8, 4) is 0 Å². The first kappa shape index (κ1) is 9.93. The first-order chi connectivity index (χ1) is 5.37. The van der Waals surface area contributed by atoms with Crippen molar-refractivity contribution in [1.29, 1.82) is 0 Å². The highest BCUT2D eigenvalue weighted by atomic mass is 29.2. The minimum atomic E-state index is -1.07. The molecular weight excluding hydrogens is 178 g/mol. The summed E-state index contributed by atoms with van der Waals surface area (Å²) in [5, 5.41) is 1.69. The summed E-state index contributed by atoms with van der Waals surface area (Å²) in [6, 6.07) is 0. The largest absolute Gasteiger partial charge is 0.332 e. The molecule has 0 N–H and O–H groups in total. The highest BCUT2D eigenvalue weighted by Gasteiger charge is 2.35. The van der Waals surface area contributed by atoms with Gasteiger partial charge in [0.15, 0.2) is 8.48 Å². The molecule has 1 rings (SSSR count). The molecule has 0 saturated carbocycles. The number of nitrogens with zero attached hydrogens (tertiary/aromatic N) is 1. The van der Waals surface area contributed by atoms with E-state index in [2.05, 4.69) is 40.4 Å². The van der Waals surface area contributed by atoms with Gasteiger partial charge in [-0.2, -0.15) is 0 Å². The quantitative estimate of drug-likeness (QED) is 0.529. The molecular formula is C9H19NSi2. The summed E-state index contributed by atoms with van der Waals surface area (Å²) in [7, 11) is -1.86. The molecule has 1 aliphatic heterocycles. The number of allylic oxidation sites excluding steroid dienone is 2. The minimum absolute atomic E-state index is 0.789. The van der Waals surface area contributed by atoms with Crippen molar-refractivity contribution in [3.05, 3.63) is 10.8 Å². The Balaban J connectivity index is 3.18. The zero-order chi connectivity index (χ0) is 9.52. The Morgan fingerprint density at radius 3 is 2.17 bits per heavy atom. The lowest BCUT2D eigenvalue weighted by molar-refractivity contribution is 1.40. The van der Waals surface area contributed by atoms with E-state index >= 15 is 0 Å². The van der Waals surface area contributed by atoms with E-state index in [9.17, 15) is 0 Å². The van der Waals surface area contributed by atoms with Crippen molar-refractivity contribution in [2.75, 3.05) is 0 Å². The Morgan fingerprint density at radius 1 is 1.17 bits per heavy atom. The first-order valence-corrected chi connectivity index (χ1v) is 11.1. The molecule has 1 nitrogen and oxygen atoms in total. The van der Waals surface area contributed by atoms with E-state index in [1.165, 1.54) is 11.3 Å². The summed E-state index contributed by atoms with van der Waals surface area (Å²) in [5.74, 6) is 0. The molecule has 0 aromatic carbocycles. The van der Waals surface area contributed by atoms with Crippen LogP contribution in [-0.4, -0.2) is 21.8 Å². The van der Waals surface area contributed by atoms with Crippen LogP contribution >= 0.6 is 0 Å². The Hall–Kier alpha value is -0.156. The van der Waals surface area contributed by atoms with Gasteiger partial charge in [-0.25, -0.2) is 0 Å². The van der Waals surface area contributed by atoms with Gasteiger partial charge in [0.25, 0.3) is 0 Å². The third-order valence-electron chi connectivity index (χ3n) is 3.50. The van der Waals surface area contributed by atoms with Gasteiger partial charge in [0, 0.05) is 5.71 Å². The van der Waals surface area contributed by atoms with Crippen molar-refractivity contribution in [2.24, 2.45) is 4.66 Å². The molecule has 1 atom stereocenters. The number of rotatable bonds is 0. The first-order valence-electron chi connectivity index (χ1n) is 4.60. The average molecular weight is 197 g/mol. The topological polar surface area (TPSA) is 12.4 Å². The van der Waals surface area contributed by atoms with Crippen molar-refractivity contribution >= 4 is 21.8 Å². The normalized spacial score (nSPS) is 28.8. The Bertz CT molecular complexity index is 264. The predicted octanol–water partition coefficient (Wildman–Crippen LogP) is 2.48. The molecule has 0 amide bonds. The molecule has 0 bridgehead atoms. The summed E-state index contributed by atoms with van der Waals surface area (Å²) in [5.41, 5.74) is 2.77. The molecule has 0 spiro atoms. The van der Waals surface area contributed by atoms with Crippen molar-refractivity contribution < 1.29 is 0 Å². The fraction of sp³-hybridized carbons (Fsp3) is 0.667. The maximum absolute atomic E-state index is 4.83. The maximum Gasteiger partial charge on any atom is 0.157 e. The van der Waals surface area contributed by atoms with Crippen LogP contribution in [0.4, 0.5) is 0 Å². The van der Waals surface area contributed by atoms with Crippen molar-refractivity contribution in [2.45, 2.75) is 40.4 Å². The van der Waals surface area contributed by atoms with E-state index in [-0.39, 0.29) is 0 Å². The fourth-order valence-corrected chi connectivity index (χ4v) is 8.57. The van der Waals surface area contributed by atoms with E-state index in [0.29, 0.717) is 0 Å². The van der Waals surface area contributed by atoms with Gasteiger partial charge in [-0.05, 0) is 26.3 Å². The molecule has 1 heterocycles. The van der Waals surface area contributed by atoms with Gasteiger partial charge in [-0.1, -0.05) is 24.8 Å². The van der Waals surface area contributed by atoms with Gasteiger partial charge in [0.2, 0.25) is 0 Å². The Labute approximate surface area is 78.1 Å². The van der Waals surface area contributed by atoms with Crippen LogP contribution in [-0.2, 0) is 0 Å². The van der Waals surface area contributed by atoms with Crippen molar-refractivity contribution in [1.82, 2.24) is 0 Å². The Morgan fingerprint density at radius 2 is 1.67 bits per heavy atom. The highest BCUT2D eigenvalue weighted by molar-refractivity contribution is 7.35. The van der Waals surface area contributed by atoms with Crippen molar-refractivity contribution in [3.63, 3.8) is 0 Å². The molecule has 3 heteroatoms. The number of hydrogen-bond acceptors (Lipinski definition) is 1. The smallest absolute Gasteiger partial charge is 0.157 e. The summed E-state index contributed by atoms with van der Waals surface area (Å²) in [6.45, 7) is 14.0. The van der Waals surface area contributed by atoms with E-state index in [0.717, 1.165) is 0 Å². The summed E-state index contributed by atoms with van der Waals surface area (Å²) < 4.78 is 4.83. The lowest BCUT2D eigenvalue weighted by Gasteiger charge is -2.33. The third-order valence-corrected chi connectivity index (χ3v) is 16.6. The molecule has 1 aliphatic rings. The van der Waals surface area contributed by atoms with Crippen LogP contribution < -0.4 is 0 Å². The van der Waals surface area contributed by atoms with E-state index < -0.39 is 16.1 Å². The van der Waals surface area contributed by atoms with Crippen LogP contribution in [0.1, 0.15) is 20.8 Å². The molecule has 12 heavy (non-hydrogen) atoms. The molecule has 0 aromatic rings. The van der Waals surface area contributed by atoms with Gasteiger partial charge >= 0.3 is 0 Å². The standard InChI is InChI=1S/C9H19NSi2/c1-7-8(2)10-11(4)12(5,6)9(7)3/h11H,1-6H3. The summed E-state index contributed by atoms with van der Waals surface area (Å²) in [4.78, 5) is 0. The summed E-state index contributed by atoms with van der Waals surface area (Å²) in [6.07, 6.45) is 0. The molecule has 0 radical (unpaired) electrons. The molecule has 1 unspecified atom stereocenters. The predicted molar refractivity (Wildman–Crippen MR) is 62.0 cm³/mol. The minimum Gasteiger partial charge on any atom is -0.332 e. The monoisotopic (exact) mass is 197 g/mol. The van der Waals surface area contributed by atoms with Gasteiger partial charge in [0.1, 0.15) is 0 Å². The highest BCUT2D eigenvalue weighted by Crippen LogP contribution is 2.26. The molecule has 0 aliphatic carbocycles. The van der Waals surface area contributed by atoms with Crippen LogP contribution in [0.15, 0.2) is 15.4 Å².